The van der Waals surface area contributed by atoms with Crippen molar-refractivity contribution in [2.24, 2.45) is 11.8 Å². The van der Waals surface area contributed by atoms with Gasteiger partial charge in [0.05, 0.1) is 5.69 Å². The van der Waals surface area contributed by atoms with Crippen molar-refractivity contribution in [3.05, 3.63) is 36.2 Å². The molecule has 1 aromatic carbocycles. The molecule has 0 bridgehead atoms. The quantitative estimate of drug-likeness (QED) is 0.943. The maximum atomic E-state index is 12.5. The Hall–Kier alpha value is -2.24. The third-order valence-corrected chi connectivity index (χ3v) is 4.75. The molecule has 6 nitrogen and oxygen atoms in total. The molecule has 1 amide bonds. The van der Waals surface area contributed by atoms with Crippen LogP contribution in [0.4, 0.5) is 0 Å². The second-order valence-electron chi connectivity index (χ2n) is 6.15. The van der Waals surface area contributed by atoms with Gasteiger partial charge in [-0.15, -0.1) is 5.10 Å². The van der Waals surface area contributed by atoms with Crippen molar-refractivity contribution in [3.63, 3.8) is 0 Å². The summed E-state index contributed by atoms with van der Waals surface area (Å²) >= 11 is 0. The SMILES string of the molecule is C[C@@H]1[C@H](C)CCC[C@H]1NC(=O)c1cccc(-n2cnnn2)c1. The van der Waals surface area contributed by atoms with Crippen LogP contribution >= 0.6 is 0 Å². The molecule has 1 aliphatic carbocycles. The lowest BCUT2D eigenvalue weighted by molar-refractivity contribution is 0.0891. The molecule has 3 rings (SSSR count). The summed E-state index contributed by atoms with van der Waals surface area (Å²) in [7, 11) is 0. The fraction of sp³-hybridized carbons (Fsp3) is 0.500. The van der Waals surface area contributed by atoms with E-state index in [9.17, 15) is 4.79 Å². The second-order valence-corrected chi connectivity index (χ2v) is 6.15. The number of nitrogens with one attached hydrogen (secondary N) is 1. The van der Waals surface area contributed by atoms with Crippen LogP contribution in [-0.4, -0.2) is 32.2 Å². The molecule has 116 valence electrons. The van der Waals surface area contributed by atoms with Crippen LogP contribution in [-0.2, 0) is 0 Å². The Bertz CT molecular complexity index is 640. The van der Waals surface area contributed by atoms with Crippen LogP contribution in [0.1, 0.15) is 43.5 Å². The highest BCUT2D eigenvalue weighted by Gasteiger charge is 2.28. The number of hydrogen-bond donors (Lipinski definition) is 1. The lowest BCUT2D eigenvalue weighted by Crippen LogP contribution is -2.43. The van der Waals surface area contributed by atoms with E-state index in [-0.39, 0.29) is 11.9 Å². The molecule has 1 saturated carbocycles. The van der Waals surface area contributed by atoms with Gasteiger partial charge in [0.2, 0.25) is 0 Å². The lowest BCUT2D eigenvalue weighted by Gasteiger charge is -2.34. The van der Waals surface area contributed by atoms with Crippen molar-refractivity contribution in [1.82, 2.24) is 25.5 Å². The fourth-order valence-electron chi connectivity index (χ4n) is 3.11. The van der Waals surface area contributed by atoms with Crippen LogP contribution in [0, 0.1) is 11.8 Å². The zero-order valence-corrected chi connectivity index (χ0v) is 12.9. The number of tetrazole rings is 1. The number of rotatable bonds is 3. The molecule has 1 fully saturated rings. The number of amides is 1. The monoisotopic (exact) mass is 299 g/mol. The summed E-state index contributed by atoms with van der Waals surface area (Å²) in [4.78, 5) is 12.5. The molecule has 0 unspecified atom stereocenters. The summed E-state index contributed by atoms with van der Waals surface area (Å²) < 4.78 is 1.54. The van der Waals surface area contributed by atoms with Crippen molar-refractivity contribution in [2.75, 3.05) is 0 Å². The minimum absolute atomic E-state index is 0.0270. The minimum atomic E-state index is -0.0270. The topological polar surface area (TPSA) is 72.7 Å². The third kappa shape index (κ3) is 3.00. The number of aromatic nitrogens is 4. The van der Waals surface area contributed by atoms with Gasteiger partial charge >= 0.3 is 0 Å². The number of carbonyl (C=O) groups excluding carboxylic acids is 1. The maximum Gasteiger partial charge on any atom is 0.251 e. The molecule has 1 heterocycles. The lowest BCUT2D eigenvalue weighted by atomic mass is 9.78. The molecule has 1 aromatic heterocycles. The van der Waals surface area contributed by atoms with Crippen molar-refractivity contribution in [2.45, 2.75) is 39.2 Å². The van der Waals surface area contributed by atoms with E-state index in [2.05, 4.69) is 34.7 Å². The molecule has 0 aliphatic heterocycles. The van der Waals surface area contributed by atoms with E-state index in [1.807, 2.05) is 24.3 Å². The van der Waals surface area contributed by atoms with E-state index in [1.54, 1.807) is 4.68 Å². The van der Waals surface area contributed by atoms with E-state index < -0.39 is 0 Å². The second kappa shape index (κ2) is 6.25. The standard InChI is InChI=1S/C16H21N5O/c1-11-5-3-8-15(12(11)2)18-16(22)13-6-4-7-14(9-13)21-10-17-19-20-21/h4,6-7,9-12,15H,3,5,8H2,1-2H3,(H,18,22)/t11-,12-,15-/m1/s1. The Kier molecular flexibility index (Phi) is 4.18. The Morgan fingerprint density at radius 1 is 1.32 bits per heavy atom. The zero-order chi connectivity index (χ0) is 15.5. The summed E-state index contributed by atoms with van der Waals surface area (Å²) in [5.74, 6) is 1.15. The van der Waals surface area contributed by atoms with Crippen LogP contribution in [0.5, 0.6) is 0 Å². The van der Waals surface area contributed by atoms with Gasteiger partial charge in [0, 0.05) is 11.6 Å². The van der Waals surface area contributed by atoms with E-state index >= 15 is 0 Å². The van der Waals surface area contributed by atoms with Crippen molar-refractivity contribution < 1.29 is 4.79 Å². The first kappa shape index (κ1) is 14.7. The molecular formula is C16H21N5O. The van der Waals surface area contributed by atoms with E-state index in [1.165, 1.54) is 19.2 Å². The van der Waals surface area contributed by atoms with Crippen molar-refractivity contribution in [1.29, 1.82) is 0 Å². The highest BCUT2D eigenvalue weighted by molar-refractivity contribution is 5.94. The highest BCUT2D eigenvalue weighted by Crippen LogP contribution is 2.29. The van der Waals surface area contributed by atoms with Gasteiger partial charge in [-0.05, 0) is 46.9 Å². The van der Waals surface area contributed by atoms with Crippen molar-refractivity contribution >= 4 is 5.91 Å². The third-order valence-electron chi connectivity index (χ3n) is 4.75. The van der Waals surface area contributed by atoms with E-state index in [0.29, 0.717) is 17.4 Å². The molecule has 0 spiro atoms. The molecule has 2 aromatic rings. The Morgan fingerprint density at radius 3 is 2.95 bits per heavy atom. The summed E-state index contributed by atoms with van der Waals surface area (Å²) in [5, 5.41) is 14.3. The highest BCUT2D eigenvalue weighted by atomic mass is 16.1. The normalized spacial score (nSPS) is 24.9. The van der Waals surface area contributed by atoms with Gasteiger partial charge < -0.3 is 5.32 Å². The molecule has 0 radical (unpaired) electrons. The zero-order valence-electron chi connectivity index (χ0n) is 12.9. The van der Waals surface area contributed by atoms with Gasteiger partial charge in [0.1, 0.15) is 6.33 Å². The van der Waals surface area contributed by atoms with Crippen molar-refractivity contribution in [3.8, 4) is 5.69 Å². The molecule has 0 saturated heterocycles. The molecule has 1 aliphatic rings. The minimum Gasteiger partial charge on any atom is -0.349 e. The first-order valence-electron chi connectivity index (χ1n) is 7.79. The molecular weight excluding hydrogens is 278 g/mol. The molecule has 3 atom stereocenters. The summed E-state index contributed by atoms with van der Waals surface area (Å²) in [5.41, 5.74) is 1.42. The van der Waals surface area contributed by atoms with Gasteiger partial charge in [-0.2, -0.15) is 0 Å². The maximum absolute atomic E-state index is 12.5. The summed E-state index contributed by atoms with van der Waals surface area (Å²) in [6, 6.07) is 7.60. The number of benzene rings is 1. The predicted molar refractivity (Wildman–Crippen MR) is 82.6 cm³/mol. The van der Waals surface area contributed by atoms with Crippen LogP contribution in [0.3, 0.4) is 0 Å². The Labute approximate surface area is 129 Å². The summed E-state index contributed by atoms with van der Waals surface area (Å²) in [6.45, 7) is 4.49. The first-order valence-corrected chi connectivity index (χ1v) is 7.79. The number of hydrogen-bond acceptors (Lipinski definition) is 4. The largest absolute Gasteiger partial charge is 0.349 e. The molecule has 22 heavy (non-hydrogen) atoms. The van der Waals surface area contributed by atoms with Crippen LogP contribution in [0.2, 0.25) is 0 Å². The van der Waals surface area contributed by atoms with Gasteiger partial charge in [0.15, 0.2) is 0 Å². The molecule has 6 heteroatoms. The van der Waals surface area contributed by atoms with Gasteiger partial charge in [-0.1, -0.05) is 32.8 Å². The average molecular weight is 299 g/mol. The fourth-order valence-corrected chi connectivity index (χ4v) is 3.11. The van der Waals surface area contributed by atoms with E-state index in [0.717, 1.165) is 12.1 Å². The van der Waals surface area contributed by atoms with E-state index in [4.69, 9.17) is 0 Å². The molecule has 1 N–H and O–H groups in total. The average Bonchev–Trinajstić information content (AvgIpc) is 3.06. The van der Waals surface area contributed by atoms with Gasteiger partial charge in [-0.25, -0.2) is 4.68 Å². The smallest absolute Gasteiger partial charge is 0.251 e. The Morgan fingerprint density at radius 2 is 2.18 bits per heavy atom. The summed E-state index contributed by atoms with van der Waals surface area (Å²) in [6.07, 6.45) is 5.01. The van der Waals surface area contributed by atoms with Crippen LogP contribution in [0.15, 0.2) is 30.6 Å². The predicted octanol–water partition coefficient (Wildman–Crippen LogP) is 2.22. The van der Waals surface area contributed by atoms with Gasteiger partial charge in [0.25, 0.3) is 5.91 Å². The van der Waals surface area contributed by atoms with Crippen LogP contribution < -0.4 is 5.32 Å². The number of nitrogens with zero attached hydrogens (tertiary/aromatic N) is 4. The van der Waals surface area contributed by atoms with Crippen LogP contribution in [0.25, 0.3) is 5.69 Å². The number of carbonyl (C=O) groups is 1. The van der Waals surface area contributed by atoms with Gasteiger partial charge in [-0.3, -0.25) is 4.79 Å². The first-order chi connectivity index (χ1) is 10.6. The Balaban J connectivity index is 1.74.